The first-order chi connectivity index (χ1) is 19.8. The van der Waals surface area contributed by atoms with Gasteiger partial charge in [0, 0.05) is 21.8 Å². The first-order valence-electron chi connectivity index (χ1n) is 13.4. The van der Waals surface area contributed by atoms with Crippen LogP contribution in [0, 0.1) is 0 Å². The first kappa shape index (κ1) is 21.5. The zero-order valence-electron chi connectivity index (χ0n) is 21.4. The molecule has 0 fully saturated rings. The lowest BCUT2D eigenvalue weighted by molar-refractivity contribution is 0.655. The van der Waals surface area contributed by atoms with Gasteiger partial charge in [-0.25, -0.2) is 9.97 Å². The molecule has 40 heavy (non-hydrogen) atoms. The monoisotopic (exact) mass is 511 g/mol. The zero-order valence-corrected chi connectivity index (χ0v) is 21.4. The van der Waals surface area contributed by atoms with Crippen molar-refractivity contribution in [3.8, 4) is 16.8 Å². The van der Waals surface area contributed by atoms with Crippen LogP contribution in [-0.4, -0.2) is 14.5 Å². The number of aromatic nitrogens is 3. The van der Waals surface area contributed by atoms with Crippen LogP contribution in [0.1, 0.15) is 0 Å². The minimum atomic E-state index is 0.567. The van der Waals surface area contributed by atoms with Gasteiger partial charge in [0.15, 0.2) is 0 Å². The maximum atomic E-state index is 6.09. The largest absolute Gasteiger partial charge is 0.436 e. The number of fused-ring (bicyclic) bond motifs is 9. The van der Waals surface area contributed by atoms with Crippen molar-refractivity contribution < 1.29 is 4.42 Å². The van der Waals surface area contributed by atoms with E-state index in [1.165, 1.54) is 32.6 Å². The minimum absolute atomic E-state index is 0.567. The molecule has 9 aromatic rings. The number of nitrogens with zero attached hydrogens (tertiary/aromatic N) is 3. The Morgan fingerprint density at radius 1 is 0.525 bits per heavy atom. The maximum Gasteiger partial charge on any atom is 0.246 e. The molecule has 186 valence electrons. The molecule has 0 N–H and O–H groups in total. The average molecular weight is 512 g/mol. The maximum absolute atomic E-state index is 6.09. The number of rotatable bonds is 2. The third kappa shape index (κ3) is 3.01. The van der Waals surface area contributed by atoms with E-state index in [9.17, 15) is 0 Å². The van der Waals surface area contributed by atoms with Crippen LogP contribution in [0.15, 0.2) is 132 Å². The molecule has 0 radical (unpaired) electrons. The Morgan fingerprint density at radius 3 is 2.23 bits per heavy atom. The molecule has 9 rings (SSSR count). The molecule has 0 amide bonds. The molecule has 0 saturated heterocycles. The molecular weight excluding hydrogens is 490 g/mol. The summed E-state index contributed by atoms with van der Waals surface area (Å²) < 4.78 is 8.47. The Morgan fingerprint density at radius 2 is 1.30 bits per heavy atom. The van der Waals surface area contributed by atoms with Crippen molar-refractivity contribution in [1.29, 1.82) is 0 Å². The fraction of sp³-hybridized carbons (Fsp3) is 0. The van der Waals surface area contributed by atoms with Crippen molar-refractivity contribution in [3.05, 3.63) is 127 Å². The normalized spacial score (nSPS) is 12.0. The molecular formula is C36H21N3O. The SMILES string of the molecule is c1cc(-c2ccc3oc4nc5ccccc5nc4c3c2)cc(-n2c3ccccc3c3c4ccccc4ccc32)c1. The van der Waals surface area contributed by atoms with Crippen LogP contribution >= 0.6 is 0 Å². The fourth-order valence-corrected chi connectivity index (χ4v) is 6.16. The second kappa shape index (κ2) is 8.01. The van der Waals surface area contributed by atoms with E-state index >= 15 is 0 Å². The number of para-hydroxylation sites is 3. The van der Waals surface area contributed by atoms with E-state index < -0.39 is 0 Å². The van der Waals surface area contributed by atoms with E-state index in [0.717, 1.165) is 44.3 Å². The Kier molecular flexibility index (Phi) is 4.30. The standard InChI is InChI=1S/C36H21N3O/c1-2-11-26-22(8-1)16-18-32-34(26)27-12-3-6-15-31(27)39(32)25-10-7-9-23(20-25)24-17-19-33-28(21-24)35-36(40-33)38-30-14-5-4-13-29(30)37-35/h1-21H. The van der Waals surface area contributed by atoms with Gasteiger partial charge in [-0.05, 0) is 70.4 Å². The molecule has 0 aliphatic rings. The van der Waals surface area contributed by atoms with Gasteiger partial charge in [-0.2, -0.15) is 0 Å². The predicted octanol–water partition coefficient (Wildman–Crippen LogP) is 9.45. The summed E-state index contributed by atoms with van der Waals surface area (Å²) in [5.74, 6) is 0. The van der Waals surface area contributed by atoms with E-state index in [1.807, 2.05) is 30.3 Å². The molecule has 4 nitrogen and oxygen atoms in total. The minimum Gasteiger partial charge on any atom is -0.436 e. The van der Waals surface area contributed by atoms with Crippen LogP contribution < -0.4 is 0 Å². The van der Waals surface area contributed by atoms with Crippen molar-refractivity contribution in [2.75, 3.05) is 0 Å². The van der Waals surface area contributed by atoms with Gasteiger partial charge in [0.05, 0.1) is 22.1 Å². The van der Waals surface area contributed by atoms with Crippen LogP contribution in [-0.2, 0) is 0 Å². The molecule has 3 aromatic heterocycles. The van der Waals surface area contributed by atoms with Crippen LogP contribution in [0.4, 0.5) is 0 Å². The summed E-state index contributed by atoms with van der Waals surface area (Å²) in [4.78, 5) is 9.60. The number of hydrogen-bond donors (Lipinski definition) is 0. The van der Waals surface area contributed by atoms with Gasteiger partial charge in [0.1, 0.15) is 11.1 Å². The van der Waals surface area contributed by atoms with Crippen LogP contribution in [0.25, 0.3) is 82.6 Å². The highest BCUT2D eigenvalue weighted by atomic mass is 16.3. The smallest absolute Gasteiger partial charge is 0.246 e. The van der Waals surface area contributed by atoms with E-state index in [0.29, 0.717) is 5.71 Å². The van der Waals surface area contributed by atoms with Gasteiger partial charge >= 0.3 is 0 Å². The summed E-state index contributed by atoms with van der Waals surface area (Å²) in [6, 6.07) is 44.8. The van der Waals surface area contributed by atoms with Crippen molar-refractivity contribution in [3.63, 3.8) is 0 Å². The number of hydrogen-bond acceptors (Lipinski definition) is 3. The summed E-state index contributed by atoms with van der Waals surface area (Å²) in [5.41, 5.74) is 9.62. The quantitative estimate of drug-likeness (QED) is 0.232. The number of benzene rings is 6. The molecule has 6 aromatic carbocycles. The molecule has 4 heteroatoms. The van der Waals surface area contributed by atoms with Crippen LogP contribution in [0.2, 0.25) is 0 Å². The first-order valence-corrected chi connectivity index (χ1v) is 13.4. The van der Waals surface area contributed by atoms with Crippen LogP contribution in [0.3, 0.4) is 0 Å². The highest BCUT2D eigenvalue weighted by Gasteiger charge is 2.16. The van der Waals surface area contributed by atoms with Gasteiger partial charge in [0.2, 0.25) is 5.71 Å². The molecule has 0 saturated carbocycles. The zero-order chi connectivity index (χ0) is 26.2. The van der Waals surface area contributed by atoms with Crippen molar-refractivity contribution >= 4 is 65.8 Å². The Labute approximate surface area is 228 Å². The summed E-state index contributed by atoms with van der Waals surface area (Å²) in [7, 11) is 0. The lowest BCUT2D eigenvalue weighted by Gasteiger charge is -2.11. The molecule has 0 aliphatic carbocycles. The highest BCUT2D eigenvalue weighted by Crippen LogP contribution is 2.38. The van der Waals surface area contributed by atoms with E-state index in [1.54, 1.807) is 0 Å². The fourth-order valence-electron chi connectivity index (χ4n) is 6.16. The van der Waals surface area contributed by atoms with E-state index in [4.69, 9.17) is 14.4 Å². The Balaban J connectivity index is 1.26. The summed E-state index contributed by atoms with van der Waals surface area (Å²) in [5, 5.41) is 6.05. The van der Waals surface area contributed by atoms with Gasteiger partial charge in [-0.15, -0.1) is 0 Å². The van der Waals surface area contributed by atoms with Gasteiger partial charge in [0.25, 0.3) is 0 Å². The lowest BCUT2D eigenvalue weighted by Crippen LogP contribution is -1.94. The summed E-state index contributed by atoms with van der Waals surface area (Å²) in [6.07, 6.45) is 0. The Hall–Kier alpha value is -5.48. The predicted molar refractivity (Wildman–Crippen MR) is 164 cm³/mol. The van der Waals surface area contributed by atoms with E-state index in [2.05, 4.69) is 102 Å². The Bertz CT molecular complexity index is 2450. The molecule has 0 atom stereocenters. The van der Waals surface area contributed by atoms with Gasteiger partial charge < -0.3 is 8.98 Å². The van der Waals surface area contributed by atoms with Gasteiger partial charge in [-0.3, -0.25) is 0 Å². The van der Waals surface area contributed by atoms with Crippen molar-refractivity contribution in [1.82, 2.24) is 14.5 Å². The van der Waals surface area contributed by atoms with Crippen molar-refractivity contribution in [2.24, 2.45) is 0 Å². The van der Waals surface area contributed by atoms with Crippen molar-refractivity contribution in [2.45, 2.75) is 0 Å². The van der Waals surface area contributed by atoms with Crippen LogP contribution in [0.5, 0.6) is 0 Å². The second-order valence-electron chi connectivity index (χ2n) is 10.3. The third-order valence-corrected chi connectivity index (χ3v) is 7.98. The lowest BCUT2D eigenvalue weighted by atomic mass is 10.0. The average Bonchev–Trinajstić information content (AvgIpc) is 3.55. The van der Waals surface area contributed by atoms with E-state index in [-0.39, 0.29) is 0 Å². The van der Waals surface area contributed by atoms with Gasteiger partial charge in [-0.1, -0.05) is 78.9 Å². The molecule has 0 unspecified atom stereocenters. The second-order valence-corrected chi connectivity index (χ2v) is 10.3. The topological polar surface area (TPSA) is 43.9 Å². The summed E-state index contributed by atoms with van der Waals surface area (Å²) >= 11 is 0. The summed E-state index contributed by atoms with van der Waals surface area (Å²) in [6.45, 7) is 0. The number of furan rings is 1. The molecule has 0 bridgehead atoms. The molecule has 0 spiro atoms. The third-order valence-electron chi connectivity index (χ3n) is 7.98. The highest BCUT2D eigenvalue weighted by molar-refractivity contribution is 6.21. The molecule has 3 heterocycles. The molecule has 0 aliphatic heterocycles.